The van der Waals surface area contributed by atoms with Gasteiger partial charge in [-0.25, -0.2) is 0 Å². The third-order valence-electron chi connectivity index (χ3n) is 4.58. The molecule has 0 radical (unpaired) electrons. The second-order valence-corrected chi connectivity index (χ2v) is 11.0. The molecule has 0 amide bonds. The van der Waals surface area contributed by atoms with E-state index in [2.05, 4.69) is 48.5 Å². The zero-order chi connectivity index (χ0) is 18.0. The maximum atomic E-state index is 4.96. The molecule has 0 unspecified atom stereocenters. The summed E-state index contributed by atoms with van der Waals surface area (Å²) in [6, 6.07) is 25.5. The molecular formula is C22H19N3PtSi. The second kappa shape index (κ2) is 8.16. The van der Waals surface area contributed by atoms with Gasteiger partial charge in [-0.3, -0.25) is 4.98 Å². The van der Waals surface area contributed by atoms with Crippen molar-refractivity contribution >= 4 is 18.6 Å². The summed E-state index contributed by atoms with van der Waals surface area (Å²) >= 11 is 0. The van der Waals surface area contributed by atoms with Crippen LogP contribution in [0, 0.1) is 12.3 Å². The van der Waals surface area contributed by atoms with Crippen molar-refractivity contribution in [3.63, 3.8) is 0 Å². The van der Waals surface area contributed by atoms with E-state index in [1.807, 2.05) is 59.3 Å². The number of hydrogen-bond acceptors (Lipinski definition) is 2. The Morgan fingerprint density at radius 3 is 2.52 bits per heavy atom. The molecule has 5 heteroatoms. The number of rotatable bonds is 4. The zero-order valence-corrected chi connectivity index (χ0v) is 18.4. The fraction of sp³-hybridized carbons (Fsp3) is 0.0909. The van der Waals surface area contributed by atoms with E-state index in [4.69, 9.17) is 4.98 Å². The maximum absolute atomic E-state index is 4.96. The summed E-state index contributed by atoms with van der Waals surface area (Å²) in [5.74, 6) is 0.879. The van der Waals surface area contributed by atoms with Crippen molar-refractivity contribution in [1.82, 2.24) is 14.5 Å². The SMILES string of the molecule is C[Si](C)(c1[c-]n(-c2ccccn2)cc1)c1cccc(-c2[c-]cccc2)n1.[Pt+2]. The van der Waals surface area contributed by atoms with Crippen LogP contribution in [0.5, 0.6) is 0 Å². The van der Waals surface area contributed by atoms with E-state index in [9.17, 15) is 0 Å². The Morgan fingerprint density at radius 1 is 0.926 bits per heavy atom. The molecule has 0 aliphatic carbocycles. The van der Waals surface area contributed by atoms with E-state index in [0.717, 1.165) is 22.4 Å². The first kappa shape index (κ1) is 19.5. The van der Waals surface area contributed by atoms with Crippen molar-refractivity contribution in [1.29, 1.82) is 0 Å². The summed E-state index contributed by atoms with van der Waals surface area (Å²) < 4.78 is 1.96. The molecule has 0 spiro atoms. The van der Waals surface area contributed by atoms with Crippen LogP contribution in [0.3, 0.4) is 0 Å². The standard InChI is InChI=1S/C22H19N3Si.Pt/c1-26(2,19-14-16-25(17-19)21-12-6-7-15-23-21)22-13-8-11-20(24-22)18-9-4-3-5-10-18;/h3-9,11-16H,1-2H3;/q-2;+2. The molecule has 3 aromatic heterocycles. The molecule has 0 fully saturated rings. The van der Waals surface area contributed by atoms with Gasteiger partial charge in [0.25, 0.3) is 0 Å². The third kappa shape index (κ3) is 4.02. The number of pyridine rings is 2. The number of benzene rings is 1. The summed E-state index contributed by atoms with van der Waals surface area (Å²) in [6.45, 7) is 4.62. The molecule has 4 rings (SSSR count). The molecule has 0 saturated carbocycles. The van der Waals surface area contributed by atoms with Gasteiger partial charge in [0.15, 0.2) is 0 Å². The first-order valence-electron chi connectivity index (χ1n) is 8.62. The van der Waals surface area contributed by atoms with E-state index in [-0.39, 0.29) is 21.1 Å². The predicted molar refractivity (Wildman–Crippen MR) is 108 cm³/mol. The van der Waals surface area contributed by atoms with E-state index >= 15 is 0 Å². The van der Waals surface area contributed by atoms with Crippen LogP contribution in [0.1, 0.15) is 0 Å². The monoisotopic (exact) mass is 548 g/mol. The Morgan fingerprint density at radius 2 is 1.78 bits per heavy atom. The molecule has 1 aromatic carbocycles. The Balaban J connectivity index is 0.00000210. The summed E-state index contributed by atoms with van der Waals surface area (Å²) in [5.41, 5.74) is 1.99. The first-order valence-corrected chi connectivity index (χ1v) is 11.6. The number of hydrogen-bond donors (Lipinski definition) is 0. The Kier molecular flexibility index (Phi) is 5.88. The Labute approximate surface area is 175 Å². The molecule has 0 atom stereocenters. The van der Waals surface area contributed by atoms with Crippen molar-refractivity contribution in [2.45, 2.75) is 13.1 Å². The molecule has 3 nitrogen and oxygen atoms in total. The molecule has 0 aliphatic rings. The fourth-order valence-corrected chi connectivity index (χ4v) is 5.03. The van der Waals surface area contributed by atoms with Crippen molar-refractivity contribution in [3.05, 3.63) is 91.4 Å². The second-order valence-electron chi connectivity index (χ2n) is 6.71. The van der Waals surface area contributed by atoms with Gasteiger partial charge in [0, 0.05) is 11.5 Å². The molecule has 4 aromatic rings. The minimum Gasteiger partial charge on any atom is -0.436 e. The Bertz CT molecular complexity index is 1010. The normalized spacial score (nSPS) is 11.0. The van der Waals surface area contributed by atoms with Gasteiger partial charge in [0.2, 0.25) is 0 Å². The smallest absolute Gasteiger partial charge is 0.436 e. The predicted octanol–water partition coefficient (Wildman–Crippen LogP) is 3.35. The average molecular weight is 549 g/mol. The van der Waals surface area contributed by atoms with Crippen LogP contribution in [0.15, 0.2) is 79.1 Å². The van der Waals surface area contributed by atoms with Crippen molar-refractivity contribution in [2.75, 3.05) is 0 Å². The third-order valence-corrected chi connectivity index (χ3v) is 7.76. The topological polar surface area (TPSA) is 30.7 Å². The molecule has 3 heterocycles. The van der Waals surface area contributed by atoms with Crippen LogP contribution in [0.4, 0.5) is 0 Å². The fourth-order valence-electron chi connectivity index (χ4n) is 2.95. The largest absolute Gasteiger partial charge is 2.00 e. The van der Waals surface area contributed by atoms with Crippen molar-refractivity contribution in [3.8, 4) is 17.1 Å². The Hall–Kier alpha value is -2.29. The van der Waals surface area contributed by atoms with Gasteiger partial charge in [-0.1, -0.05) is 43.6 Å². The maximum Gasteiger partial charge on any atom is 2.00 e. The van der Waals surface area contributed by atoms with E-state index in [1.165, 1.54) is 5.19 Å². The van der Waals surface area contributed by atoms with Gasteiger partial charge in [-0.2, -0.15) is 6.07 Å². The summed E-state index contributed by atoms with van der Waals surface area (Å²) in [4.78, 5) is 9.36. The van der Waals surface area contributed by atoms with E-state index in [1.54, 1.807) is 6.20 Å². The van der Waals surface area contributed by atoms with Crippen LogP contribution in [-0.2, 0) is 21.1 Å². The molecule has 0 N–H and O–H groups in total. The van der Waals surface area contributed by atoms with Gasteiger partial charge < -0.3 is 9.55 Å². The molecule has 0 bridgehead atoms. The van der Waals surface area contributed by atoms with Gasteiger partial charge in [0.05, 0.1) is 5.82 Å². The molecule has 27 heavy (non-hydrogen) atoms. The van der Waals surface area contributed by atoms with Crippen LogP contribution >= 0.6 is 0 Å². The van der Waals surface area contributed by atoms with E-state index in [0.29, 0.717) is 0 Å². The molecular weight excluding hydrogens is 529 g/mol. The summed E-state index contributed by atoms with van der Waals surface area (Å²) in [6.07, 6.45) is 7.32. The van der Waals surface area contributed by atoms with Crippen LogP contribution < -0.4 is 10.5 Å². The quantitative estimate of drug-likeness (QED) is 0.290. The van der Waals surface area contributed by atoms with Gasteiger partial charge in [-0.15, -0.1) is 47.3 Å². The molecule has 0 aliphatic heterocycles. The minimum absolute atomic E-state index is 0. The molecule has 136 valence electrons. The van der Waals surface area contributed by atoms with Crippen molar-refractivity contribution < 1.29 is 21.1 Å². The molecule has 0 saturated heterocycles. The number of aromatic nitrogens is 3. The van der Waals surface area contributed by atoms with Crippen molar-refractivity contribution in [2.24, 2.45) is 0 Å². The van der Waals surface area contributed by atoms with Gasteiger partial charge in [0.1, 0.15) is 8.07 Å². The first-order chi connectivity index (χ1) is 12.6. The van der Waals surface area contributed by atoms with Gasteiger partial charge in [-0.05, 0) is 17.8 Å². The van der Waals surface area contributed by atoms with Crippen LogP contribution in [0.25, 0.3) is 17.1 Å². The summed E-state index contributed by atoms with van der Waals surface area (Å²) in [5, 5.41) is 2.35. The average Bonchev–Trinajstić information content (AvgIpc) is 3.21. The zero-order valence-electron chi connectivity index (χ0n) is 15.2. The minimum atomic E-state index is -1.96. The van der Waals surface area contributed by atoms with Gasteiger partial charge >= 0.3 is 21.1 Å². The summed E-state index contributed by atoms with van der Waals surface area (Å²) in [7, 11) is -1.96. The van der Waals surface area contributed by atoms with Crippen LogP contribution in [0.2, 0.25) is 13.1 Å². The number of nitrogens with zero attached hydrogens (tertiary/aromatic N) is 3. The van der Waals surface area contributed by atoms with E-state index < -0.39 is 8.07 Å². The van der Waals surface area contributed by atoms with Crippen LogP contribution in [-0.4, -0.2) is 22.6 Å².